The molecule has 0 saturated heterocycles. The van der Waals surface area contributed by atoms with Crippen LogP contribution in [-0.2, 0) is 16.1 Å². The topological polar surface area (TPSA) is 92.4 Å². The molecule has 0 spiro atoms. The predicted octanol–water partition coefficient (Wildman–Crippen LogP) is 0.244. The van der Waals surface area contributed by atoms with Crippen molar-refractivity contribution in [3.8, 4) is 0 Å². The zero-order valence-corrected chi connectivity index (χ0v) is 9.02. The van der Waals surface area contributed by atoms with Gasteiger partial charge in [0.15, 0.2) is 0 Å². The van der Waals surface area contributed by atoms with Crippen LogP contribution in [0.1, 0.15) is 12.0 Å². The molecule has 0 bridgehead atoms. The average Bonchev–Trinajstić information content (AvgIpc) is 2.27. The van der Waals surface area contributed by atoms with Crippen LogP contribution in [0.2, 0.25) is 0 Å². The monoisotopic (exact) mass is 240 g/mol. The summed E-state index contributed by atoms with van der Waals surface area (Å²) in [6, 6.07) is 4.77. The van der Waals surface area contributed by atoms with Crippen molar-refractivity contribution in [3.63, 3.8) is 0 Å². The highest BCUT2D eigenvalue weighted by molar-refractivity contribution is 5.84. The van der Waals surface area contributed by atoms with Crippen LogP contribution >= 0.6 is 0 Å². The van der Waals surface area contributed by atoms with Gasteiger partial charge in [-0.1, -0.05) is 18.2 Å². The fourth-order valence-electron chi connectivity index (χ4n) is 1.19. The number of carbonyl (C=O) groups is 2. The second-order valence-electron chi connectivity index (χ2n) is 3.52. The average molecular weight is 240 g/mol. The molecule has 4 N–H and O–H groups in total. The Morgan fingerprint density at radius 3 is 2.65 bits per heavy atom. The van der Waals surface area contributed by atoms with E-state index in [1.54, 1.807) is 12.1 Å². The summed E-state index contributed by atoms with van der Waals surface area (Å²) in [5.74, 6) is -2.19. The third kappa shape index (κ3) is 4.20. The number of hydrogen-bond donors (Lipinski definition) is 3. The second-order valence-corrected chi connectivity index (χ2v) is 3.52. The van der Waals surface area contributed by atoms with Gasteiger partial charge < -0.3 is 16.2 Å². The van der Waals surface area contributed by atoms with Gasteiger partial charge in [0.25, 0.3) is 0 Å². The zero-order valence-electron chi connectivity index (χ0n) is 9.02. The molecule has 17 heavy (non-hydrogen) atoms. The minimum atomic E-state index is -1.24. The molecule has 1 atom stereocenters. The molecule has 0 aromatic heterocycles. The third-order valence-electron chi connectivity index (χ3n) is 2.16. The molecule has 0 fully saturated rings. The molecular weight excluding hydrogens is 227 g/mol. The Hall–Kier alpha value is -1.95. The van der Waals surface area contributed by atoms with Gasteiger partial charge in [0.05, 0.1) is 6.42 Å². The number of rotatable bonds is 5. The number of nitrogens with two attached hydrogens (primary N) is 1. The van der Waals surface area contributed by atoms with Crippen LogP contribution in [0.15, 0.2) is 24.3 Å². The highest BCUT2D eigenvalue weighted by Gasteiger charge is 2.16. The molecule has 1 rings (SSSR count). The Morgan fingerprint density at radius 1 is 1.41 bits per heavy atom. The number of amides is 1. The summed E-state index contributed by atoms with van der Waals surface area (Å²) in [4.78, 5) is 21.7. The number of benzene rings is 1. The van der Waals surface area contributed by atoms with Crippen LogP contribution in [0.4, 0.5) is 4.39 Å². The van der Waals surface area contributed by atoms with E-state index in [0.717, 1.165) is 0 Å². The van der Waals surface area contributed by atoms with Gasteiger partial charge in [-0.3, -0.25) is 9.59 Å². The summed E-state index contributed by atoms with van der Waals surface area (Å²) in [7, 11) is 0. The van der Waals surface area contributed by atoms with E-state index in [9.17, 15) is 14.0 Å². The summed E-state index contributed by atoms with van der Waals surface area (Å²) < 4.78 is 13.2. The Balaban J connectivity index is 2.44. The summed E-state index contributed by atoms with van der Waals surface area (Å²) in [5.41, 5.74) is 5.52. The van der Waals surface area contributed by atoms with Gasteiger partial charge in [0.1, 0.15) is 11.9 Å². The maximum absolute atomic E-state index is 13.2. The van der Waals surface area contributed by atoms with E-state index in [0.29, 0.717) is 5.56 Å². The fourth-order valence-corrected chi connectivity index (χ4v) is 1.19. The lowest BCUT2D eigenvalue weighted by Crippen LogP contribution is -2.36. The van der Waals surface area contributed by atoms with Gasteiger partial charge in [0, 0.05) is 12.1 Å². The molecule has 1 amide bonds. The standard InChI is InChI=1S/C11H13FN2O3/c12-8-4-2-1-3-7(8)6-14-10(15)5-9(13)11(16)17/h1-4,9H,5-6,13H2,(H,14,15)(H,16,17). The Labute approximate surface area is 97.4 Å². The maximum atomic E-state index is 13.2. The van der Waals surface area contributed by atoms with Crippen LogP contribution in [0.25, 0.3) is 0 Å². The quantitative estimate of drug-likeness (QED) is 0.687. The molecule has 5 nitrogen and oxygen atoms in total. The Bertz CT molecular complexity index is 423. The van der Waals surface area contributed by atoms with E-state index in [4.69, 9.17) is 10.8 Å². The third-order valence-corrected chi connectivity index (χ3v) is 2.16. The molecule has 0 aliphatic heterocycles. The van der Waals surface area contributed by atoms with E-state index in [1.165, 1.54) is 12.1 Å². The van der Waals surface area contributed by atoms with Gasteiger partial charge >= 0.3 is 5.97 Å². The molecule has 0 radical (unpaired) electrons. The Morgan fingerprint density at radius 2 is 2.06 bits per heavy atom. The first-order valence-electron chi connectivity index (χ1n) is 4.99. The molecule has 1 aromatic rings. The number of carbonyl (C=O) groups excluding carboxylic acids is 1. The predicted molar refractivity (Wildman–Crippen MR) is 58.5 cm³/mol. The second kappa shape index (κ2) is 5.95. The van der Waals surface area contributed by atoms with Crippen LogP contribution in [-0.4, -0.2) is 23.0 Å². The summed E-state index contributed by atoms with van der Waals surface area (Å²) in [6.07, 6.45) is -0.330. The maximum Gasteiger partial charge on any atom is 0.321 e. The molecule has 6 heteroatoms. The van der Waals surface area contributed by atoms with Crippen LogP contribution < -0.4 is 11.1 Å². The van der Waals surface area contributed by atoms with Crippen LogP contribution in [0.3, 0.4) is 0 Å². The van der Waals surface area contributed by atoms with E-state index in [2.05, 4.69) is 5.32 Å². The number of carboxylic acids is 1. The number of nitrogens with one attached hydrogen (secondary N) is 1. The normalized spacial score (nSPS) is 11.9. The SMILES string of the molecule is NC(CC(=O)NCc1ccccc1F)C(=O)O. The largest absolute Gasteiger partial charge is 0.480 e. The molecule has 0 heterocycles. The van der Waals surface area contributed by atoms with Crippen molar-refractivity contribution in [1.82, 2.24) is 5.32 Å². The number of hydrogen-bond acceptors (Lipinski definition) is 3. The molecule has 1 aromatic carbocycles. The number of carboxylic acid groups (broad SMARTS) is 1. The van der Waals surface area contributed by atoms with Crippen LogP contribution in [0.5, 0.6) is 0 Å². The lowest BCUT2D eigenvalue weighted by molar-refractivity contribution is -0.140. The number of halogens is 1. The van der Waals surface area contributed by atoms with Crippen molar-refractivity contribution in [2.24, 2.45) is 5.73 Å². The molecule has 0 aliphatic carbocycles. The van der Waals surface area contributed by atoms with Crippen molar-refractivity contribution in [3.05, 3.63) is 35.6 Å². The van der Waals surface area contributed by atoms with Gasteiger partial charge in [0.2, 0.25) is 5.91 Å². The number of aliphatic carboxylic acids is 1. The van der Waals surface area contributed by atoms with Gasteiger partial charge in [-0.25, -0.2) is 4.39 Å². The summed E-state index contributed by atoms with van der Waals surface area (Å²) in [5, 5.41) is 10.9. The first kappa shape index (κ1) is 13.1. The first-order valence-corrected chi connectivity index (χ1v) is 4.99. The van der Waals surface area contributed by atoms with Crippen molar-refractivity contribution in [2.75, 3.05) is 0 Å². The minimum Gasteiger partial charge on any atom is -0.480 e. The van der Waals surface area contributed by atoms with Crippen molar-refractivity contribution in [2.45, 2.75) is 19.0 Å². The fraction of sp³-hybridized carbons (Fsp3) is 0.273. The lowest BCUT2D eigenvalue weighted by Gasteiger charge is -2.08. The van der Waals surface area contributed by atoms with Crippen molar-refractivity contribution < 1.29 is 19.1 Å². The molecule has 0 saturated carbocycles. The smallest absolute Gasteiger partial charge is 0.321 e. The van der Waals surface area contributed by atoms with Crippen molar-refractivity contribution in [1.29, 1.82) is 0 Å². The van der Waals surface area contributed by atoms with E-state index in [1.807, 2.05) is 0 Å². The molecule has 92 valence electrons. The van der Waals surface area contributed by atoms with Gasteiger partial charge in [-0.15, -0.1) is 0 Å². The van der Waals surface area contributed by atoms with E-state index >= 15 is 0 Å². The molecule has 0 aliphatic rings. The van der Waals surface area contributed by atoms with E-state index in [-0.39, 0.29) is 13.0 Å². The lowest BCUT2D eigenvalue weighted by atomic mass is 10.2. The van der Waals surface area contributed by atoms with Crippen molar-refractivity contribution >= 4 is 11.9 Å². The zero-order chi connectivity index (χ0) is 12.8. The van der Waals surface area contributed by atoms with E-state index < -0.39 is 23.7 Å². The minimum absolute atomic E-state index is 0.0118. The Kier molecular flexibility index (Phi) is 4.59. The highest BCUT2D eigenvalue weighted by atomic mass is 19.1. The summed E-state index contributed by atoms with van der Waals surface area (Å²) in [6.45, 7) is 0.0118. The molecule has 1 unspecified atom stereocenters. The van der Waals surface area contributed by atoms with Gasteiger partial charge in [-0.05, 0) is 6.07 Å². The highest BCUT2D eigenvalue weighted by Crippen LogP contribution is 2.05. The summed E-state index contributed by atoms with van der Waals surface area (Å²) >= 11 is 0. The molecular formula is C11H13FN2O3. The first-order chi connectivity index (χ1) is 8.00. The van der Waals surface area contributed by atoms with Gasteiger partial charge in [-0.2, -0.15) is 0 Å². The van der Waals surface area contributed by atoms with Crippen LogP contribution in [0, 0.1) is 5.82 Å².